The number of sulfonamides is 1. The Labute approximate surface area is 197 Å². The van der Waals surface area contributed by atoms with E-state index in [-0.39, 0.29) is 23.0 Å². The van der Waals surface area contributed by atoms with E-state index in [1.54, 1.807) is 19.2 Å². The zero-order valence-corrected chi connectivity index (χ0v) is 19.8. The molecule has 0 saturated heterocycles. The van der Waals surface area contributed by atoms with Crippen molar-refractivity contribution in [2.75, 3.05) is 11.8 Å². The standard InChI is InChI=1S/C23H22ClN3O5S/c1-15-4-10-21(12-16(15)2)33(31,32)25-19-7-5-17(6-8-19)23(28)26(3)14-18-13-20(27(29)30)9-11-22(18)24/h4-13,25H,14H2,1-3H3. The number of aryl methyl sites for hydroxylation is 2. The Kier molecular flexibility index (Phi) is 7.04. The van der Waals surface area contributed by atoms with Crippen molar-refractivity contribution in [1.29, 1.82) is 0 Å². The second-order valence-corrected chi connectivity index (χ2v) is 9.71. The van der Waals surface area contributed by atoms with Gasteiger partial charge in [0.05, 0.1) is 9.82 Å². The van der Waals surface area contributed by atoms with Crippen LogP contribution in [0.3, 0.4) is 0 Å². The van der Waals surface area contributed by atoms with E-state index < -0.39 is 14.9 Å². The summed E-state index contributed by atoms with van der Waals surface area (Å²) < 4.78 is 27.8. The molecule has 0 aromatic heterocycles. The predicted octanol–water partition coefficient (Wildman–Crippen LogP) is 4.94. The van der Waals surface area contributed by atoms with Crippen LogP contribution in [0.5, 0.6) is 0 Å². The molecule has 3 rings (SSSR count). The Hall–Kier alpha value is -3.43. The molecule has 8 nitrogen and oxygen atoms in total. The average molecular weight is 488 g/mol. The normalized spacial score (nSPS) is 11.2. The highest BCUT2D eigenvalue weighted by Crippen LogP contribution is 2.24. The Morgan fingerprint density at radius 3 is 2.30 bits per heavy atom. The highest BCUT2D eigenvalue weighted by atomic mass is 35.5. The first-order valence-electron chi connectivity index (χ1n) is 9.86. The minimum absolute atomic E-state index is 0.0699. The summed E-state index contributed by atoms with van der Waals surface area (Å²) in [5.41, 5.74) is 2.83. The zero-order chi connectivity index (χ0) is 24.3. The number of nitro benzene ring substituents is 1. The first-order chi connectivity index (χ1) is 15.5. The fourth-order valence-corrected chi connectivity index (χ4v) is 4.44. The van der Waals surface area contributed by atoms with Gasteiger partial charge in [0.25, 0.3) is 21.6 Å². The number of nitrogens with zero attached hydrogens (tertiary/aromatic N) is 2. The molecule has 3 aromatic rings. The van der Waals surface area contributed by atoms with E-state index in [4.69, 9.17) is 11.6 Å². The summed E-state index contributed by atoms with van der Waals surface area (Å²) in [5.74, 6) is -0.346. The number of halogens is 1. The van der Waals surface area contributed by atoms with E-state index in [1.807, 2.05) is 13.8 Å². The van der Waals surface area contributed by atoms with Gasteiger partial charge in [0.2, 0.25) is 0 Å². The van der Waals surface area contributed by atoms with Gasteiger partial charge in [-0.15, -0.1) is 0 Å². The Balaban J connectivity index is 1.73. The first kappa shape index (κ1) is 24.2. The number of amides is 1. The van der Waals surface area contributed by atoms with Gasteiger partial charge in [-0.2, -0.15) is 0 Å². The Morgan fingerprint density at radius 1 is 1.03 bits per heavy atom. The lowest BCUT2D eigenvalue weighted by Crippen LogP contribution is -2.26. The van der Waals surface area contributed by atoms with Gasteiger partial charge < -0.3 is 4.90 Å². The molecule has 0 saturated carbocycles. The molecule has 0 fully saturated rings. The molecule has 0 spiro atoms. The van der Waals surface area contributed by atoms with E-state index in [0.29, 0.717) is 21.8 Å². The van der Waals surface area contributed by atoms with E-state index in [1.165, 1.54) is 53.4 Å². The van der Waals surface area contributed by atoms with Crippen molar-refractivity contribution in [2.24, 2.45) is 0 Å². The second kappa shape index (κ2) is 9.60. The lowest BCUT2D eigenvalue weighted by molar-refractivity contribution is -0.384. The van der Waals surface area contributed by atoms with Crippen LogP contribution in [0.15, 0.2) is 65.6 Å². The van der Waals surface area contributed by atoms with Crippen LogP contribution in [0.4, 0.5) is 11.4 Å². The van der Waals surface area contributed by atoms with E-state index in [9.17, 15) is 23.3 Å². The molecular formula is C23H22ClN3O5S. The number of rotatable bonds is 7. The fraction of sp³-hybridized carbons (Fsp3) is 0.174. The lowest BCUT2D eigenvalue weighted by atomic mass is 10.1. The van der Waals surface area contributed by atoms with Gasteiger partial charge in [0, 0.05) is 42.0 Å². The number of non-ortho nitro benzene ring substituents is 1. The molecule has 172 valence electrons. The van der Waals surface area contributed by atoms with E-state index >= 15 is 0 Å². The molecule has 0 bridgehead atoms. The summed E-state index contributed by atoms with van der Waals surface area (Å²) in [6, 6.07) is 14.9. The maximum atomic E-state index is 12.8. The summed E-state index contributed by atoms with van der Waals surface area (Å²) in [6.07, 6.45) is 0. The van der Waals surface area contributed by atoms with Crippen LogP contribution < -0.4 is 4.72 Å². The number of carbonyl (C=O) groups is 1. The number of nitro groups is 1. The number of anilines is 1. The van der Waals surface area contributed by atoms with Gasteiger partial charge in [0.1, 0.15) is 0 Å². The van der Waals surface area contributed by atoms with Gasteiger partial charge in [-0.3, -0.25) is 19.6 Å². The van der Waals surface area contributed by atoms with Crippen molar-refractivity contribution < 1.29 is 18.1 Å². The van der Waals surface area contributed by atoms with Gasteiger partial charge in [-0.1, -0.05) is 17.7 Å². The van der Waals surface area contributed by atoms with Crippen LogP contribution in [0.2, 0.25) is 5.02 Å². The van der Waals surface area contributed by atoms with Crippen molar-refractivity contribution in [3.05, 3.63) is 98.1 Å². The van der Waals surface area contributed by atoms with E-state index in [2.05, 4.69) is 4.72 Å². The number of benzene rings is 3. The Bertz CT molecular complexity index is 1320. The molecule has 10 heteroatoms. The van der Waals surface area contributed by atoms with Gasteiger partial charge >= 0.3 is 0 Å². The summed E-state index contributed by atoms with van der Waals surface area (Å²) in [4.78, 5) is 24.8. The van der Waals surface area contributed by atoms with E-state index in [0.717, 1.165) is 11.1 Å². The lowest BCUT2D eigenvalue weighted by Gasteiger charge is -2.18. The largest absolute Gasteiger partial charge is 0.337 e. The van der Waals surface area contributed by atoms with Crippen molar-refractivity contribution in [2.45, 2.75) is 25.3 Å². The molecule has 0 atom stereocenters. The number of nitrogens with one attached hydrogen (secondary N) is 1. The third kappa shape index (κ3) is 5.68. The summed E-state index contributed by atoms with van der Waals surface area (Å²) in [6.45, 7) is 3.81. The van der Waals surface area contributed by atoms with Gasteiger partial charge in [-0.25, -0.2) is 8.42 Å². The third-order valence-corrected chi connectivity index (χ3v) is 6.91. The molecule has 0 aliphatic carbocycles. The maximum absolute atomic E-state index is 12.8. The fourth-order valence-electron chi connectivity index (χ4n) is 3.12. The molecule has 0 heterocycles. The predicted molar refractivity (Wildman–Crippen MR) is 127 cm³/mol. The monoisotopic (exact) mass is 487 g/mol. The summed E-state index contributed by atoms with van der Waals surface area (Å²) in [7, 11) is -2.22. The second-order valence-electron chi connectivity index (χ2n) is 7.62. The topological polar surface area (TPSA) is 110 Å². The van der Waals surface area contributed by atoms with Crippen LogP contribution in [-0.2, 0) is 16.6 Å². The molecule has 1 N–H and O–H groups in total. The SMILES string of the molecule is Cc1ccc(S(=O)(=O)Nc2ccc(C(=O)N(C)Cc3cc([N+](=O)[O-])ccc3Cl)cc2)cc1C. The summed E-state index contributed by atoms with van der Waals surface area (Å²) >= 11 is 6.12. The highest BCUT2D eigenvalue weighted by Gasteiger charge is 2.18. The minimum Gasteiger partial charge on any atom is -0.337 e. The van der Waals surface area contributed by atoms with Crippen LogP contribution >= 0.6 is 11.6 Å². The molecule has 0 aliphatic rings. The first-order valence-corrected chi connectivity index (χ1v) is 11.7. The average Bonchev–Trinajstić information content (AvgIpc) is 2.76. The van der Waals surface area contributed by atoms with Crippen LogP contribution in [0.25, 0.3) is 0 Å². The van der Waals surface area contributed by atoms with Gasteiger partial charge in [-0.05, 0) is 73.0 Å². The third-order valence-electron chi connectivity index (χ3n) is 5.17. The number of hydrogen-bond acceptors (Lipinski definition) is 5. The molecule has 33 heavy (non-hydrogen) atoms. The zero-order valence-electron chi connectivity index (χ0n) is 18.2. The number of carbonyl (C=O) groups excluding carboxylic acids is 1. The highest BCUT2D eigenvalue weighted by molar-refractivity contribution is 7.92. The van der Waals surface area contributed by atoms with Crippen LogP contribution in [0, 0.1) is 24.0 Å². The molecule has 0 unspecified atom stereocenters. The Morgan fingerprint density at radius 2 is 1.70 bits per heavy atom. The molecular weight excluding hydrogens is 466 g/mol. The smallest absolute Gasteiger partial charge is 0.269 e. The van der Waals surface area contributed by atoms with Crippen molar-refractivity contribution in [3.63, 3.8) is 0 Å². The minimum atomic E-state index is -3.77. The number of hydrogen-bond donors (Lipinski definition) is 1. The maximum Gasteiger partial charge on any atom is 0.269 e. The van der Waals surface area contributed by atoms with Crippen LogP contribution in [-0.4, -0.2) is 31.2 Å². The van der Waals surface area contributed by atoms with Crippen molar-refractivity contribution in [3.8, 4) is 0 Å². The van der Waals surface area contributed by atoms with Crippen molar-refractivity contribution >= 4 is 38.9 Å². The molecule has 1 amide bonds. The molecule has 3 aromatic carbocycles. The van der Waals surface area contributed by atoms with Gasteiger partial charge in [0.15, 0.2) is 0 Å². The molecule has 0 radical (unpaired) electrons. The van der Waals surface area contributed by atoms with Crippen molar-refractivity contribution in [1.82, 2.24) is 4.90 Å². The quantitative estimate of drug-likeness (QED) is 0.375. The molecule has 0 aliphatic heterocycles. The summed E-state index contributed by atoms with van der Waals surface area (Å²) in [5, 5.41) is 11.3. The van der Waals surface area contributed by atoms with Crippen LogP contribution in [0.1, 0.15) is 27.0 Å².